The van der Waals surface area contributed by atoms with Gasteiger partial charge in [-0.2, -0.15) is 0 Å². The Morgan fingerprint density at radius 2 is 2.05 bits per heavy atom. The van der Waals surface area contributed by atoms with Crippen LogP contribution < -0.4 is 20.1 Å². The molecule has 21 heavy (non-hydrogen) atoms. The third-order valence-electron chi connectivity index (χ3n) is 3.86. The van der Waals surface area contributed by atoms with E-state index in [9.17, 15) is 4.79 Å². The minimum absolute atomic E-state index is 0.125. The number of ether oxygens (including phenoxy) is 2. The summed E-state index contributed by atoms with van der Waals surface area (Å²) < 4.78 is 10.5. The molecule has 1 amide bonds. The zero-order valence-electron chi connectivity index (χ0n) is 12.8. The summed E-state index contributed by atoms with van der Waals surface area (Å²) in [4.78, 5) is 12.2. The highest BCUT2D eigenvalue weighted by Gasteiger charge is 2.19. The molecule has 1 aliphatic rings. The number of benzene rings is 1. The van der Waals surface area contributed by atoms with E-state index in [-0.39, 0.29) is 11.8 Å². The summed E-state index contributed by atoms with van der Waals surface area (Å²) in [5, 5.41) is 6.35. The smallest absolute Gasteiger partial charge is 0.223 e. The molecule has 0 unspecified atom stereocenters. The molecule has 1 aromatic carbocycles. The molecule has 5 nitrogen and oxygen atoms in total. The highest BCUT2D eigenvalue weighted by Crippen LogP contribution is 2.27. The lowest BCUT2D eigenvalue weighted by Crippen LogP contribution is -2.30. The number of carbonyl (C=O) groups is 1. The lowest BCUT2D eigenvalue weighted by molar-refractivity contribution is -0.125. The molecule has 1 heterocycles. The molecule has 0 aliphatic carbocycles. The van der Waals surface area contributed by atoms with Crippen molar-refractivity contribution in [1.82, 2.24) is 10.6 Å². The third-order valence-corrected chi connectivity index (χ3v) is 3.86. The van der Waals surface area contributed by atoms with Crippen molar-refractivity contribution >= 4 is 5.91 Å². The average Bonchev–Trinajstić information content (AvgIpc) is 2.81. The Morgan fingerprint density at radius 1 is 1.24 bits per heavy atom. The second kappa shape index (κ2) is 7.88. The molecular weight excluding hydrogens is 268 g/mol. The normalized spacial score (nSPS) is 18.7. The van der Waals surface area contributed by atoms with Gasteiger partial charge >= 0.3 is 0 Å². The van der Waals surface area contributed by atoms with E-state index >= 15 is 0 Å². The number of rotatable bonds is 5. The van der Waals surface area contributed by atoms with Gasteiger partial charge in [-0.15, -0.1) is 0 Å². The van der Waals surface area contributed by atoms with Crippen LogP contribution in [0.25, 0.3) is 0 Å². The number of hydrogen-bond donors (Lipinski definition) is 2. The first-order valence-corrected chi connectivity index (χ1v) is 7.44. The Hall–Kier alpha value is -1.75. The monoisotopic (exact) mass is 292 g/mol. The Kier molecular flexibility index (Phi) is 5.87. The molecule has 1 atom stereocenters. The molecule has 0 radical (unpaired) electrons. The van der Waals surface area contributed by atoms with Gasteiger partial charge in [0.25, 0.3) is 0 Å². The Bertz CT molecular complexity index is 469. The van der Waals surface area contributed by atoms with Crippen molar-refractivity contribution in [2.75, 3.05) is 27.3 Å². The topological polar surface area (TPSA) is 59.6 Å². The number of amides is 1. The fraction of sp³-hybridized carbons (Fsp3) is 0.562. The van der Waals surface area contributed by atoms with Crippen molar-refractivity contribution in [1.29, 1.82) is 0 Å². The Balaban J connectivity index is 1.91. The molecule has 1 aromatic rings. The van der Waals surface area contributed by atoms with Crippen LogP contribution in [0.1, 0.15) is 24.8 Å². The Morgan fingerprint density at radius 3 is 2.81 bits per heavy atom. The second-order valence-electron chi connectivity index (χ2n) is 5.28. The molecule has 2 N–H and O–H groups in total. The van der Waals surface area contributed by atoms with Crippen LogP contribution >= 0.6 is 0 Å². The number of carbonyl (C=O) groups excluding carboxylic acids is 1. The molecule has 0 spiro atoms. The van der Waals surface area contributed by atoms with Gasteiger partial charge in [0.15, 0.2) is 11.5 Å². The molecule has 5 heteroatoms. The number of nitrogens with one attached hydrogen (secondary N) is 2. The van der Waals surface area contributed by atoms with E-state index in [1.807, 2.05) is 18.2 Å². The molecule has 1 fully saturated rings. The zero-order valence-corrected chi connectivity index (χ0v) is 12.8. The van der Waals surface area contributed by atoms with Crippen LogP contribution in [-0.2, 0) is 11.3 Å². The highest BCUT2D eigenvalue weighted by atomic mass is 16.5. The summed E-state index contributed by atoms with van der Waals surface area (Å²) in [7, 11) is 3.22. The maximum absolute atomic E-state index is 12.2. The first kappa shape index (κ1) is 15.6. The van der Waals surface area contributed by atoms with Crippen LogP contribution in [0.2, 0.25) is 0 Å². The van der Waals surface area contributed by atoms with Crippen LogP contribution in [0.4, 0.5) is 0 Å². The predicted molar refractivity (Wildman–Crippen MR) is 81.6 cm³/mol. The van der Waals surface area contributed by atoms with Gasteiger partial charge in [0.2, 0.25) is 5.91 Å². The van der Waals surface area contributed by atoms with E-state index in [0.717, 1.165) is 37.9 Å². The van der Waals surface area contributed by atoms with Gasteiger partial charge in [-0.25, -0.2) is 0 Å². The van der Waals surface area contributed by atoms with Gasteiger partial charge in [-0.05, 0) is 50.0 Å². The van der Waals surface area contributed by atoms with Gasteiger partial charge in [0.05, 0.1) is 14.2 Å². The lowest BCUT2D eigenvalue weighted by atomic mass is 10.00. The summed E-state index contributed by atoms with van der Waals surface area (Å²) in [6, 6.07) is 5.69. The summed E-state index contributed by atoms with van der Waals surface area (Å²) in [5.41, 5.74) is 1.01. The van der Waals surface area contributed by atoms with Crippen LogP contribution in [-0.4, -0.2) is 33.2 Å². The second-order valence-corrected chi connectivity index (χ2v) is 5.28. The zero-order chi connectivity index (χ0) is 15.1. The number of methoxy groups -OCH3 is 2. The quantitative estimate of drug-likeness (QED) is 0.867. The summed E-state index contributed by atoms with van der Waals surface area (Å²) >= 11 is 0. The van der Waals surface area contributed by atoms with E-state index in [0.29, 0.717) is 18.0 Å². The lowest BCUT2D eigenvalue weighted by Gasteiger charge is -2.14. The summed E-state index contributed by atoms with van der Waals surface area (Å²) in [5.74, 6) is 1.65. The molecular formula is C16H24N2O3. The van der Waals surface area contributed by atoms with Crippen molar-refractivity contribution in [3.63, 3.8) is 0 Å². The Labute approximate surface area is 126 Å². The largest absolute Gasteiger partial charge is 0.493 e. The minimum Gasteiger partial charge on any atom is -0.493 e. The minimum atomic E-state index is 0.125. The molecule has 1 aliphatic heterocycles. The van der Waals surface area contributed by atoms with E-state index in [2.05, 4.69) is 10.6 Å². The molecule has 0 saturated carbocycles. The van der Waals surface area contributed by atoms with E-state index in [1.165, 1.54) is 0 Å². The van der Waals surface area contributed by atoms with Crippen molar-refractivity contribution in [2.45, 2.75) is 25.8 Å². The van der Waals surface area contributed by atoms with Crippen molar-refractivity contribution < 1.29 is 14.3 Å². The first-order chi connectivity index (χ1) is 10.2. The fourth-order valence-electron chi connectivity index (χ4n) is 2.61. The SMILES string of the molecule is COc1ccc(CNC(=O)[C@H]2CCCNCC2)cc1OC. The average molecular weight is 292 g/mol. The van der Waals surface area contributed by atoms with Crippen LogP contribution in [0.3, 0.4) is 0 Å². The first-order valence-electron chi connectivity index (χ1n) is 7.44. The molecule has 0 bridgehead atoms. The summed E-state index contributed by atoms with van der Waals surface area (Å²) in [6.45, 7) is 2.46. The van der Waals surface area contributed by atoms with Gasteiger partial charge < -0.3 is 20.1 Å². The van der Waals surface area contributed by atoms with E-state index in [4.69, 9.17) is 9.47 Å². The maximum atomic E-state index is 12.2. The van der Waals surface area contributed by atoms with E-state index in [1.54, 1.807) is 14.2 Å². The van der Waals surface area contributed by atoms with Gasteiger partial charge in [-0.3, -0.25) is 4.79 Å². The van der Waals surface area contributed by atoms with Crippen LogP contribution in [0.15, 0.2) is 18.2 Å². The fourth-order valence-corrected chi connectivity index (χ4v) is 2.61. The van der Waals surface area contributed by atoms with Crippen molar-refractivity contribution in [2.24, 2.45) is 5.92 Å². The highest BCUT2D eigenvalue weighted by molar-refractivity contribution is 5.78. The molecule has 2 rings (SSSR count). The van der Waals surface area contributed by atoms with Crippen LogP contribution in [0, 0.1) is 5.92 Å². The predicted octanol–water partition coefficient (Wildman–Crippen LogP) is 1.71. The maximum Gasteiger partial charge on any atom is 0.223 e. The van der Waals surface area contributed by atoms with Gasteiger partial charge in [0.1, 0.15) is 0 Å². The molecule has 0 aromatic heterocycles. The molecule has 116 valence electrons. The van der Waals surface area contributed by atoms with Gasteiger partial charge in [-0.1, -0.05) is 6.07 Å². The number of hydrogen-bond acceptors (Lipinski definition) is 4. The van der Waals surface area contributed by atoms with Crippen molar-refractivity contribution in [3.8, 4) is 11.5 Å². The molecule has 1 saturated heterocycles. The third kappa shape index (κ3) is 4.36. The standard InChI is InChI=1S/C16H24N2O3/c1-20-14-6-5-12(10-15(14)21-2)11-18-16(19)13-4-3-8-17-9-7-13/h5-6,10,13,17H,3-4,7-9,11H2,1-2H3,(H,18,19)/t13-/m0/s1. The van der Waals surface area contributed by atoms with E-state index < -0.39 is 0 Å². The summed E-state index contributed by atoms with van der Waals surface area (Å²) in [6.07, 6.45) is 2.94. The van der Waals surface area contributed by atoms with Crippen molar-refractivity contribution in [3.05, 3.63) is 23.8 Å². The van der Waals surface area contributed by atoms with Gasteiger partial charge in [0, 0.05) is 12.5 Å². The van der Waals surface area contributed by atoms with Crippen LogP contribution in [0.5, 0.6) is 11.5 Å².